The standard InChI is InChI=1S/C23H30ClN3O4S/c1-17(18-7-10-20(11-8-18)26-13-5-4-6-14-26)25-23(28)16-27(32(3,29)30)21-15-19(24)9-12-22(21)31-2/h7-12,15,17H,4-6,13-14,16H2,1-3H3,(H,25,28). The third-order valence-corrected chi connectivity index (χ3v) is 6.95. The molecule has 1 N–H and O–H groups in total. The van der Waals surface area contributed by atoms with Gasteiger partial charge in [-0.1, -0.05) is 23.7 Å². The first-order valence-corrected chi connectivity index (χ1v) is 12.9. The van der Waals surface area contributed by atoms with Gasteiger partial charge in [-0.05, 0) is 62.1 Å². The van der Waals surface area contributed by atoms with Gasteiger partial charge in [0.1, 0.15) is 12.3 Å². The first kappa shape index (κ1) is 24.2. The lowest BCUT2D eigenvalue weighted by molar-refractivity contribution is -0.120. The third-order valence-electron chi connectivity index (χ3n) is 5.59. The number of ether oxygens (including phenoxy) is 1. The first-order chi connectivity index (χ1) is 15.2. The molecule has 9 heteroatoms. The van der Waals surface area contributed by atoms with Crippen LogP contribution in [0, 0.1) is 0 Å². The average Bonchev–Trinajstić information content (AvgIpc) is 2.77. The molecule has 1 saturated heterocycles. The summed E-state index contributed by atoms with van der Waals surface area (Å²) in [5.74, 6) is -0.112. The molecule has 7 nitrogen and oxygen atoms in total. The Morgan fingerprint density at radius 3 is 2.41 bits per heavy atom. The van der Waals surface area contributed by atoms with Crippen molar-refractivity contribution in [3.05, 3.63) is 53.1 Å². The number of nitrogens with zero attached hydrogens (tertiary/aromatic N) is 2. The van der Waals surface area contributed by atoms with Crippen LogP contribution in [0.5, 0.6) is 5.75 Å². The van der Waals surface area contributed by atoms with Crippen molar-refractivity contribution in [3.63, 3.8) is 0 Å². The van der Waals surface area contributed by atoms with Gasteiger partial charge in [0.15, 0.2) is 0 Å². The Labute approximate surface area is 195 Å². The molecule has 1 aliphatic heterocycles. The molecule has 0 aromatic heterocycles. The molecule has 0 saturated carbocycles. The second-order valence-corrected chi connectivity index (χ2v) is 10.4. The van der Waals surface area contributed by atoms with E-state index >= 15 is 0 Å². The van der Waals surface area contributed by atoms with Gasteiger partial charge in [-0.3, -0.25) is 9.10 Å². The SMILES string of the molecule is COc1ccc(Cl)cc1N(CC(=O)NC(C)c1ccc(N2CCCCC2)cc1)S(C)(=O)=O. The minimum absolute atomic E-state index is 0.219. The van der Waals surface area contributed by atoms with E-state index in [0.29, 0.717) is 10.8 Å². The molecule has 0 bridgehead atoms. The number of rotatable bonds is 8. The topological polar surface area (TPSA) is 79.0 Å². The van der Waals surface area contributed by atoms with Crippen LogP contribution in [-0.4, -0.2) is 47.3 Å². The molecule has 0 radical (unpaired) electrons. The van der Waals surface area contributed by atoms with Gasteiger partial charge in [0.05, 0.1) is 25.1 Å². The van der Waals surface area contributed by atoms with Crippen LogP contribution in [0.4, 0.5) is 11.4 Å². The second kappa shape index (κ2) is 10.4. The number of halogens is 1. The molecule has 174 valence electrons. The van der Waals surface area contributed by atoms with Crippen LogP contribution in [0.15, 0.2) is 42.5 Å². The highest BCUT2D eigenvalue weighted by molar-refractivity contribution is 7.92. The van der Waals surface area contributed by atoms with E-state index in [-0.39, 0.29) is 18.3 Å². The van der Waals surface area contributed by atoms with Crippen LogP contribution < -0.4 is 19.3 Å². The molecular formula is C23H30ClN3O4S. The zero-order chi connectivity index (χ0) is 23.3. The minimum Gasteiger partial charge on any atom is -0.495 e. The number of sulfonamides is 1. The van der Waals surface area contributed by atoms with Gasteiger partial charge < -0.3 is 15.0 Å². The number of piperidine rings is 1. The number of carbonyl (C=O) groups excluding carboxylic acids is 1. The molecule has 2 aromatic rings. The zero-order valence-electron chi connectivity index (χ0n) is 18.7. The number of hydrogen-bond acceptors (Lipinski definition) is 5. The van der Waals surface area contributed by atoms with Crippen molar-refractivity contribution in [1.29, 1.82) is 0 Å². The summed E-state index contributed by atoms with van der Waals surface area (Å²) in [6.45, 7) is 3.63. The van der Waals surface area contributed by atoms with E-state index in [9.17, 15) is 13.2 Å². The van der Waals surface area contributed by atoms with Crippen molar-refractivity contribution in [1.82, 2.24) is 5.32 Å². The number of nitrogens with one attached hydrogen (secondary N) is 1. The van der Waals surface area contributed by atoms with Crippen molar-refractivity contribution in [2.24, 2.45) is 0 Å². The predicted octanol–water partition coefficient (Wildman–Crippen LogP) is 3.98. The lowest BCUT2D eigenvalue weighted by Gasteiger charge is -2.29. The van der Waals surface area contributed by atoms with Crippen molar-refractivity contribution in [2.75, 3.05) is 42.2 Å². The Morgan fingerprint density at radius 2 is 1.81 bits per heavy atom. The number of carbonyl (C=O) groups is 1. The van der Waals surface area contributed by atoms with Gasteiger partial charge in [-0.15, -0.1) is 0 Å². The zero-order valence-corrected chi connectivity index (χ0v) is 20.2. The van der Waals surface area contributed by atoms with E-state index < -0.39 is 15.9 Å². The molecule has 1 unspecified atom stereocenters. The Balaban J connectivity index is 1.70. The van der Waals surface area contributed by atoms with Gasteiger partial charge in [-0.25, -0.2) is 8.42 Å². The maximum absolute atomic E-state index is 12.8. The molecular weight excluding hydrogens is 450 g/mol. The summed E-state index contributed by atoms with van der Waals surface area (Å²) in [6.07, 6.45) is 4.75. The first-order valence-electron chi connectivity index (χ1n) is 10.6. The molecule has 2 aromatic carbocycles. The normalized spacial score (nSPS) is 15.2. The van der Waals surface area contributed by atoms with E-state index in [1.54, 1.807) is 12.1 Å². The molecule has 1 fully saturated rings. The quantitative estimate of drug-likeness (QED) is 0.619. The summed E-state index contributed by atoms with van der Waals surface area (Å²) in [5.41, 5.74) is 2.35. The van der Waals surface area contributed by atoms with Gasteiger partial charge in [0.25, 0.3) is 0 Å². The van der Waals surface area contributed by atoms with Gasteiger partial charge in [0, 0.05) is 23.8 Å². The fraction of sp³-hybridized carbons (Fsp3) is 0.435. The molecule has 0 spiro atoms. The summed E-state index contributed by atoms with van der Waals surface area (Å²) in [7, 11) is -2.32. The molecule has 0 aliphatic carbocycles. The summed E-state index contributed by atoms with van der Waals surface area (Å²) in [5, 5.41) is 3.23. The monoisotopic (exact) mass is 479 g/mol. The fourth-order valence-corrected chi connectivity index (χ4v) is 4.88. The number of benzene rings is 2. The van der Waals surface area contributed by atoms with E-state index in [1.165, 1.54) is 38.1 Å². The summed E-state index contributed by atoms with van der Waals surface area (Å²) >= 11 is 6.06. The van der Waals surface area contributed by atoms with Crippen LogP contribution in [0.1, 0.15) is 37.8 Å². The number of methoxy groups -OCH3 is 1. The summed E-state index contributed by atoms with van der Waals surface area (Å²) < 4.78 is 31.1. The maximum atomic E-state index is 12.8. The fourth-order valence-electron chi connectivity index (χ4n) is 3.87. The van der Waals surface area contributed by atoms with Crippen molar-refractivity contribution < 1.29 is 17.9 Å². The van der Waals surface area contributed by atoms with Gasteiger partial charge >= 0.3 is 0 Å². The van der Waals surface area contributed by atoms with Crippen LogP contribution in [0.3, 0.4) is 0 Å². The minimum atomic E-state index is -3.75. The number of amides is 1. The highest BCUT2D eigenvalue weighted by atomic mass is 35.5. The van der Waals surface area contributed by atoms with Gasteiger partial charge in [0.2, 0.25) is 15.9 Å². The molecule has 1 amide bonds. The number of hydrogen-bond donors (Lipinski definition) is 1. The van der Waals surface area contributed by atoms with Gasteiger partial charge in [-0.2, -0.15) is 0 Å². The van der Waals surface area contributed by atoms with E-state index in [0.717, 1.165) is 29.2 Å². The Morgan fingerprint density at radius 1 is 1.16 bits per heavy atom. The lowest BCUT2D eigenvalue weighted by Crippen LogP contribution is -2.41. The van der Waals surface area contributed by atoms with Crippen LogP contribution in [0.2, 0.25) is 5.02 Å². The van der Waals surface area contributed by atoms with Crippen LogP contribution in [-0.2, 0) is 14.8 Å². The molecule has 1 heterocycles. The Kier molecular flexibility index (Phi) is 7.90. The molecule has 1 aliphatic rings. The van der Waals surface area contributed by atoms with E-state index in [2.05, 4.69) is 22.3 Å². The maximum Gasteiger partial charge on any atom is 0.241 e. The van der Waals surface area contributed by atoms with E-state index in [1.807, 2.05) is 19.1 Å². The second-order valence-electron chi connectivity index (χ2n) is 8.01. The van der Waals surface area contributed by atoms with E-state index in [4.69, 9.17) is 16.3 Å². The molecule has 32 heavy (non-hydrogen) atoms. The average molecular weight is 480 g/mol. The number of anilines is 2. The smallest absolute Gasteiger partial charge is 0.241 e. The largest absolute Gasteiger partial charge is 0.495 e. The van der Waals surface area contributed by atoms with Crippen molar-refractivity contribution in [3.8, 4) is 5.75 Å². The summed E-state index contributed by atoms with van der Waals surface area (Å²) in [4.78, 5) is 15.1. The third kappa shape index (κ3) is 6.07. The Bertz CT molecular complexity index is 1040. The van der Waals surface area contributed by atoms with Crippen LogP contribution in [0.25, 0.3) is 0 Å². The predicted molar refractivity (Wildman–Crippen MR) is 129 cm³/mol. The highest BCUT2D eigenvalue weighted by Gasteiger charge is 2.25. The van der Waals surface area contributed by atoms with Crippen molar-refractivity contribution >= 4 is 38.9 Å². The Hall–Kier alpha value is -2.45. The molecule has 1 atom stereocenters. The molecule has 3 rings (SSSR count). The lowest BCUT2D eigenvalue weighted by atomic mass is 10.1. The summed E-state index contributed by atoms with van der Waals surface area (Å²) in [6, 6.07) is 12.5. The highest BCUT2D eigenvalue weighted by Crippen LogP contribution is 2.32. The van der Waals surface area contributed by atoms with Crippen LogP contribution >= 0.6 is 11.6 Å². The van der Waals surface area contributed by atoms with Crippen molar-refractivity contribution in [2.45, 2.75) is 32.2 Å².